The molecule has 0 radical (unpaired) electrons. The highest BCUT2D eigenvalue weighted by atomic mass is 35.5. The minimum atomic E-state index is 0.306. The van der Waals surface area contributed by atoms with Gasteiger partial charge >= 0.3 is 0 Å². The zero-order valence-corrected chi connectivity index (χ0v) is 15.9. The van der Waals surface area contributed by atoms with Crippen LogP contribution in [0.25, 0.3) is 22.0 Å². The Hall–Kier alpha value is -2.36. The number of hydrogen-bond acceptors (Lipinski definition) is 3. The first kappa shape index (κ1) is 18.4. The monoisotopic (exact) mass is 378 g/mol. The molecule has 1 aliphatic heterocycles. The molecule has 0 N–H and O–H groups in total. The van der Waals surface area contributed by atoms with Gasteiger partial charge in [0.05, 0.1) is 5.70 Å². The van der Waals surface area contributed by atoms with Gasteiger partial charge < -0.3 is 0 Å². The normalized spacial score (nSPS) is 14.2. The van der Waals surface area contributed by atoms with Crippen LogP contribution in [0.1, 0.15) is 11.1 Å². The summed E-state index contributed by atoms with van der Waals surface area (Å²) in [4.78, 5) is 8.95. The topological polar surface area (TPSA) is 24.7 Å². The molecule has 0 aromatic heterocycles. The highest BCUT2D eigenvalue weighted by molar-refractivity contribution is 8.00. The van der Waals surface area contributed by atoms with Crippen molar-refractivity contribution in [2.24, 2.45) is 9.98 Å². The molecule has 0 saturated heterocycles. The van der Waals surface area contributed by atoms with Crippen LogP contribution < -0.4 is 0 Å². The molecule has 1 aliphatic rings. The molecule has 0 amide bonds. The van der Waals surface area contributed by atoms with Crippen LogP contribution in [0.5, 0.6) is 0 Å². The van der Waals surface area contributed by atoms with E-state index in [-0.39, 0.29) is 0 Å². The molecule has 4 heteroatoms. The maximum absolute atomic E-state index is 4.96. The van der Waals surface area contributed by atoms with E-state index < -0.39 is 0 Å². The Labute approximate surface area is 163 Å². The van der Waals surface area contributed by atoms with E-state index in [1.165, 1.54) is 26.8 Å². The molecule has 3 aromatic rings. The van der Waals surface area contributed by atoms with E-state index >= 15 is 0 Å². The van der Waals surface area contributed by atoms with Gasteiger partial charge in [-0.05, 0) is 47.5 Å². The minimum Gasteiger partial charge on any atom is -0.285 e. The molecular formula is C22H19ClN2S. The van der Waals surface area contributed by atoms with Crippen molar-refractivity contribution in [3.05, 3.63) is 77.9 Å². The Balaban J connectivity index is 0.000000447. The molecule has 1 heterocycles. The highest BCUT2D eigenvalue weighted by Crippen LogP contribution is 2.42. The van der Waals surface area contributed by atoms with Crippen molar-refractivity contribution in [3.8, 4) is 0 Å². The number of halogens is 1. The second-order valence-corrected chi connectivity index (χ2v) is 6.93. The Morgan fingerprint density at radius 3 is 2.38 bits per heavy atom. The van der Waals surface area contributed by atoms with E-state index in [0.717, 1.165) is 17.0 Å². The predicted molar refractivity (Wildman–Crippen MR) is 118 cm³/mol. The van der Waals surface area contributed by atoms with Crippen LogP contribution in [0, 0.1) is 0 Å². The van der Waals surface area contributed by atoms with Gasteiger partial charge in [0.1, 0.15) is 6.00 Å². The molecule has 0 unspecified atom stereocenters. The average molecular weight is 379 g/mol. The number of hydrogen-bond donors (Lipinski definition) is 0. The minimum absolute atomic E-state index is 0.306. The highest BCUT2D eigenvalue weighted by Gasteiger charge is 2.20. The summed E-state index contributed by atoms with van der Waals surface area (Å²) >= 11 is 6.83. The van der Waals surface area contributed by atoms with Gasteiger partial charge in [-0.25, -0.2) is 0 Å². The number of alkyl halides is 1. The number of nitrogens with zero attached hydrogens (tertiary/aromatic N) is 2. The largest absolute Gasteiger partial charge is 0.285 e. The van der Waals surface area contributed by atoms with Gasteiger partial charge in [-0.1, -0.05) is 54.6 Å². The van der Waals surface area contributed by atoms with Crippen molar-refractivity contribution in [1.29, 1.82) is 0 Å². The molecule has 0 saturated carbocycles. The first-order chi connectivity index (χ1) is 12.8. The van der Waals surface area contributed by atoms with Crippen LogP contribution in [0.2, 0.25) is 0 Å². The summed E-state index contributed by atoms with van der Waals surface area (Å²) in [6.07, 6.45) is 0. The zero-order chi connectivity index (χ0) is 18.4. The van der Waals surface area contributed by atoms with Crippen molar-refractivity contribution in [1.82, 2.24) is 0 Å². The molecule has 0 fully saturated rings. The van der Waals surface area contributed by atoms with Crippen LogP contribution in [0.4, 0.5) is 0 Å². The first-order valence-electron chi connectivity index (χ1n) is 8.18. The van der Waals surface area contributed by atoms with Gasteiger partial charge in [0.15, 0.2) is 0 Å². The average Bonchev–Trinajstić information content (AvgIpc) is 3.13. The predicted octanol–water partition coefficient (Wildman–Crippen LogP) is 6.40. The van der Waals surface area contributed by atoms with Gasteiger partial charge in [0, 0.05) is 16.2 Å². The molecule has 130 valence electrons. The maximum Gasteiger partial charge on any atom is 0.112 e. The van der Waals surface area contributed by atoms with Crippen LogP contribution >= 0.6 is 23.4 Å². The first-order valence-corrected chi connectivity index (χ1v) is 9.70. The van der Waals surface area contributed by atoms with Crippen LogP contribution in [-0.4, -0.2) is 25.2 Å². The molecule has 4 rings (SSSR count). The maximum atomic E-state index is 4.96. The van der Waals surface area contributed by atoms with Gasteiger partial charge in [0.25, 0.3) is 0 Å². The van der Waals surface area contributed by atoms with E-state index in [2.05, 4.69) is 90.1 Å². The lowest BCUT2D eigenvalue weighted by atomic mass is 9.99. The lowest BCUT2D eigenvalue weighted by molar-refractivity contribution is 1.40. The molecule has 2 nitrogen and oxygen atoms in total. The summed E-state index contributed by atoms with van der Waals surface area (Å²) in [5, 5.41) is 2.49. The molecule has 26 heavy (non-hydrogen) atoms. The fraction of sp³-hybridized carbons (Fsp3) is 0.0909. The molecule has 3 aromatic carbocycles. The fourth-order valence-electron chi connectivity index (χ4n) is 2.96. The van der Waals surface area contributed by atoms with Crippen molar-refractivity contribution in [2.75, 3.05) is 11.8 Å². The summed E-state index contributed by atoms with van der Waals surface area (Å²) in [6.45, 7) is 6.92. The standard InChI is InChI=1S/C20H15NS.C2H4ClN/c1-21-20(18-13-22-19-9-5-4-8-17(18)19)16-11-10-14-6-2-3-7-15(14)12-16;1-4-2-3/h2-12H,1,13H2;1-2H2/b20-18+;. The second-order valence-electron chi connectivity index (χ2n) is 5.68. The number of fused-ring (bicyclic) bond motifs is 2. The van der Waals surface area contributed by atoms with Crippen LogP contribution in [-0.2, 0) is 0 Å². The van der Waals surface area contributed by atoms with E-state index in [9.17, 15) is 0 Å². The third kappa shape index (κ3) is 3.90. The quantitative estimate of drug-likeness (QED) is 0.294. The number of rotatable bonds is 3. The van der Waals surface area contributed by atoms with Crippen LogP contribution in [0.15, 0.2) is 81.6 Å². The van der Waals surface area contributed by atoms with Crippen molar-refractivity contribution in [3.63, 3.8) is 0 Å². The SMILES string of the molecule is C=N/C(=C1\CSc2ccccc21)c1ccc2ccccc2c1.C=NCCl. The third-order valence-electron chi connectivity index (χ3n) is 4.14. The van der Waals surface area contributed by atoms with E-state index in [1.807, 2.05) is 11.8 Å². The summed E-state index contributed by atoms with van der Waals surface area (Å²) in [5.74, 6) is 0.959. The van der Waals surface area contributed by atoms with Crippen molar-refractivity contribution >= 4 is 58.8 Å². The summed E-state index contributed by atoms with van der Waals surface area (Å²) in [5.41, 5.74) is 4.72. The zero-order valence-electron chi connectivity index (χ0n) is 14.4. The Morgan fingerprint density at radius 1 is 0.962 bits per heavy atom. The third-order valence-corrected chi connectivity index (χ3v) is 5.40. The summed E-state index contributed by atoms with van der Waals surface area (Å²) < 4.78 is 0. The van der Waals surface area contributed by atoms with Crippen LogP contribution in [0.3, 0.4) is 0 Å². The fourth-order valence-corrected chi connectivity index (χ4v) is 4.08. The number of aliphatic imine (C=N–C) groups is 2. The summed E-state index contributed by atoms with van der Waals surface area (Å²) in [7, 11) is 0. The van der Waals surface area contributed by atoms with E-state index in [1.54, 1.807) is 0 Å². The van der Waals surface area contributed by atoms with Gasteiger partial charge in [-0.15, -0.1) is 23.4 Å². The van der Waals surface area contributed by atoms with E-state index in [0.29, 0.717) is 6.00 Å². The summed E-state index contributed by atoms with van der Waals surface area (Å²) in [6, 6.07) is 23.8. The molecule has 0 atom stereocenters. The molecule has 0 spiro atoms. The molecule has 0 aliphatic carbocycles. The molecule has 0 bridgehead atoms. The van der Waals surface area contributed by atoms with E-state index in [4.69, 9.17) is 11.6 Å². The Kier molecular flexibility index (Phi) is 6.26. The van der Waals surface area contributed by atoms with Gasteiger partial charge in [-0.2, -0.15) is 0 Å². The molecular weight excluding hydrogens is 360 g/mol. The van der Waals surface area contributed by atoms with Gasteiger partial charge in [0.2, 0.25) is 0 Å². The van der Waals surface area contributed by atoms with Gasteiger partial charge in [-0.3, -0.25) is 9.98 Å². The smallest absolute Gasteiger partial charge is 0.112 e. The number of benzene rings is 3. The van der Waals surface area contributed by atoms with Crippen molar-refractivity contribution < 1.29 is 0 Å². The lowest BCUT2D eigenvalue weighted by Crippen LogP contribution is -1.90. The Bertz CT molecular complexity index is 979. The van der Waals surface area contributed by atoms with Crippen molar-refractivity contribution in [2.45, 2.75) is 4.90 Å². The lowest BCUT2D eigenvalue weighted by Gasteiger charge is -2.09. The second kappa shape index (κ2) is 8.84. The Morgan fingerprint density at radius 2 is 1.65 bits per heavy atom. The number of thioether (sulfide) groups is 1.